The number of cyclic esters (lactones) is 1. The molecule has 0 radical (unpaired) electrons. The van der Waals surface area contributed by atoms with Gasteiger partial charge in [-0.05, 0) is 58.3 Å². The predicted molar refractivity (Wildman–Crippen MR) is 139 cm³/mol. The van der Waals surface area contributed by atoms with Gasteiger partial charge in [0.05, 0.1) is 12.5 Å². The molecule has 0 aromatic heterocycles. The van der Waals surface area contributed by atoms with E-state index < -0.39 is 35.0 Å². The van der Waals surface area contributed by atoms with Crippen LogP contribution < -0.4 is 0 Å². The number of aliphatic hydroxyl groups excluding tert-OH is 1. The highest BCUT2D eigenvalue weighted by molar-refractivity contribution is 5.99. The van der Waals surface area contributed by atoms with E-state index in [2.05, 4.69) is 19.9 Å². The quantitative estimate of drug-likeness (QED) is 0.287. The number of nitrogens with zero attached hydrogens (tertiary/aromatic N) is 2. The number of amides is 2. The van der Waals surface area contributed by atoms with Gasteiger partial charge in [-0.25, -0.2) is 0 Å². The van der Waals surface area contributed by atoms with E-state index in [1.54, 1.807) is 4.90 Å². The van der Waals surface area contributed by atoms with E-state index in [1.807, 2.05) is 30.1 Å². The van der Waals surface area contributed by atoms with Gasteiger partial charge in [0.1, 0.15) is 23.2 Å². The zero-order valence-corrected chi connectivity index (χ0v) is 22.7. The first-order valence-corrected chi connectivity index (χ1v) is 14.3. The molecule has 2 saturated heterocycles. The van der Waals surface area contributed by atoms with E-state index in [9.17, 15) is 19.5 Å². The maximum absolute atomic E-state index is 14.3. The van der Waals surface area contributed by atoms with Gasteiger partial charge in [-0.1, -0.05) is 44.6 Å². The Bertz CT molecular complexity index is 918. The van der Waals surface area contributed by atoms with Crippen LogP contribution in [0.5, 0.6) is 0 Å². The monoisotopic (exact) mass is 516 g/mol. The number of likely N-dealkylation sites (tertiary alicyclic amines) is 1. The lowest BCUT2D eigenvalue weighted by atomic mass is 9.73. The number of unbranched alkanes of at least 4 members (excludes halogenated alkanes) is 2. The molecule has 0 bridgehead atoms. The van der Waals surface area contributed by atoms with Gasteiger partial charge < -0.3 is 24.4 Å². The number of carbonyl (C=O) groups excluding carboxylic acids is 3. The number of rotatable bonds is 9. The summed E-state index contributed by atoms with van der Waals surface area (Å²) in [6, 6.07) is -0.811. The summed E-state index contributed by atoms with van der Waals surface area (Å²) in [6.45, 7) is 7.37. The third kappa shape index (κ3) is 4.87. The average Bonchev–Trinajstić information content (AvgIpc) is 3.23. The molecule has 4 aliphatic heterocycles. The van der Waals surface area contributed by atoms with Crippen LogP contribution in [0, 0.1) is 11.8 Å². The van der Waals surface area contributed by atoms with Crippen molar-refractivity contribution in [3.63, 3.8) is 0 Å². The summed E-state index contributed by atoms with van der Waals surface area (Å²) in [6.07, 6.45) is 14.8. The second-order valence-electron chi connectivity index (χ2n) is 11.0. The number of esters is 1. The molecular formula is C29H44N2O6. The van der Waals surface area contributed by atoms with Crippen molar-refractivity contribution in [3.8, 4) is 0 Å². The normalized spacial score (nSPS) is 35.5. The van der Waals surface area contributed by atoms with Crippen LogP contribution in [0.4, 0.5) is 0 Å². The Morgan fingerprint density at radius 3 is 2.59 bits per heavy atom. The van der Waals surface area contributed by atoms with E-state index in [0.29, 0.717) is 39.0 Å². The minimum absolute atomic E-state index is 0.0230. The first kappa shape index (κ1) is 27.8. The molecule has 1 N–H and O–H groups in total. The number of hydrogen-bond acceptors (Lipinski definition) is 6. The molecule has 0 aromatic carbocycles. The second-order valence-corrected chi connectivity index (χ2v) is 11.0. The topological polar surface area (TPSA) is 96.4 Å². The molecule has 4 rings (SSSR count). The summed E-state index contributed by atoms with van der Waals surface area (Å²) in [5.74, 6) is -2.38. The predicted octanol–water partition coefficient (Wildman–Crippen LogP) is 3.38. The summed E-state index contributed by atoms with van der Waals surface area (Å²) in [5, 5.41) is 9.23. The van der Waals surface area contributed by atoms with E-state index in [1.165, 1.54) is 0 Å². The van der Waals surface area contributed by atoms with Crippen LogP contribution in [0.3, 0.4) is 0 Å². The fourth-order valence-corrected chi connectivity index (χ4v) is 6.84. The average molecular weight is 517 g/mol. The van der Waals surface area contributed by atoms with Crippen LogP contribution in [-0.2, 0) is 23.9 Å². The standard InChI is InChI=1S/C29H44N2O6/c1-4-14-21(3)30-18-13-16-29-22(25(33)31(24(29)26(30)34)17-10-8-11-19-32)23-27(35)36-20-12-7-6-9-15-28(23,5-2)37-29/h9,13,15-16,21-24,32H,4-8,10-12,14,17-20H2,1-3H3/b15-9-/t21?,22-,23-,24?,28+,29-/m0/s1. The minimum atomic E-state index is -1.23. The molecule has 0 aliphatic carbocycles. The molecule has 4 heterocycles. The number of allylic oxidation sites excluding steroid dienone is 1. The zero-order chi connectivity index (χ0) is 26.6. The van der Waals surface area contributed by atoms with Crippen LogP contribution in [0.1, 0.15) is 78.6 Å². The SMILES string of the molecule is CCCC(C)N1CC=C[C@]23O[C@]4(CC)/C=C\CCCCOC(=O)[C@@H]4[C@H]2C(=O)N(CCCCCO)C3C1=O. The molecule has 0 aromatic rings. The highest BCUT2D eigenvalue weighted by Gasteiger charge is 2.75. The fourth-order valence-electron chi connectivity index (χ4n) is 6.84. The Morgan fingerprint density at radius 1 is 1.05 bits per heavy atom. The van der Waals surface area contributed by atoms with Crippen LogP contribution >= 0.6 is 0 Å². The third-order valence-corrected chi connectivity index (χ3v) is 8.71. The molecule has 1 spiro atoms. The summed E-state index contributed by atoms with van der Waals surface area (Å²) < 4.78 is 12.7. The Balaban J connectivity index is 1.81. The van der Waals surface area contributed by atoms with E-state index in [0.717, 1.165) is 38.5 Å². The molecule has 8 heteroatoms. The third-order valence-electron chi connectivity index (χ3n) is 8.71. The summed E-state index contributed by atoms with van der Waals surface area (Å²) in [4.78, 5) is 45.7. The number of hydrogen-bond donors (Lipinski definition) is 1. The molecule has 6 atom stereocenters. The lowest BCUT2D eigenvalue weighted by Crippen LogP contribution is -2.57. The molecular weight excluding hydrogens is 472 g/mol. The fraction of sp³-hybridized carbons (Fsp3) is 0.759. The van der Waals surface area contributed by atoms with Crippen molar-refractivity contribution < 1.29 is 29.0 Å². The summed E-state index contributed by atoms with van der Waals surface area (Å²) >= 11 is 0. The molecule has 4 aliphatic rings. The lowest BCUT2D eigenvalue weighted by Gasteiger charge is -2.39. The van der Waals surface area contributed by atoms with E-state index in [-0.39, 0.29) is 24.5 Å². The Hall–Kier alpha value is -2.19. The Labute approximate surface area is 221 Å². The molecule has 0 saturated carbocycles. The number of aliphatic hydroxyl groups is 1. The van der Waals surface area contributed by atoms with Gasteiger partial charge in [-0.3, -0.25) is 14.4 Å². The van der Waals surface area contributed by atoms with Crippen LogP contribution in [0.25, 0.3) is 0 Å². The number of ether oxygens (including phenoxy) is 2. The summed E-state index contributed by atoms with van der Waals surface area (Å²) in [7, 11) is 0. The van der Waals surface area contributed by atoms with Gasteiger partial charge in [0.2, 0.25) is 11.8 Å². The lowest BCUT2D eigenvalue weighted by molar-refractivity contribution is -0.162. The Morgan fingerprint density at radius 2 is 1.86 bits per heavy atom. The van der Waals surface area contributed by atoms with Crippen LogP contribution in [-0.4, -0.2) is 82.3 Å². The van der Waals surface area contributed by atoms with Crippen molar-refractivity contribution in [2.45, 2.75) is 102 Å². The number of fused-ring (bicyclic) bond motifs is 2. The van der Waals surface area contributed by atoms with Crippen molar-refractivity contribution in [1.29, 1.82) is 0 Å². The first-order chi connectivity index (χ1) is 17.9. The van der Waals surface area contributed by atoms with Gasteiger partial charge in [-0.2, -0.15) is 0 Å². The van der Waals surface area contributed by atoms with Gasteiger partial charge in [0, 0.05) is 25.7 Å². The zero-order valence-electron chi connectivity index (χ0n) is 22.7. The largest absolute Gasteiger partial charge is 0.465 e. The molecule has 2 unspecified atom stereocenters. The molecule has 8 nitrogen and oxygen atoms in total. The van der Waals surface area contributed by atoms with Gasteiger partial charge in [0.25, 0.3) is 0 Å². The van der Waals surface area contributed by atoms with Crippen LogP contribution in [0.15, 0.2) is 24.3 Å². The van der Waals surface area contributed by atoms with Crippen molar-refractivity contribution in [3.05, 3.63) is 24.3 Å². The molecule has 2 fully saturated rings. The highest BCUT2D eigenvalue weighted by Crippen LogP contribution is 2.58. The maximum Gasteiger partial charge on any atom is 0.313 e. The summed E-state index contributed by atoms with van der Waals surface area (Å²) in [5.41, 5.74) is -2.24. The highest BCUT2D eigenvalue weighted by atomic mass is 16.6. The van der Waals surface area contributed by atoms with Crippen molar-refractivity contribution >= 4 is 17.8 Å². The van der Waals surface area contributed by atoms with Crippen molar-refractivity contribution in [1.82, 2.24) is 9.80 Å². The van der Waals surface area contributed by atoms with Gasteiger partial charge >= 0.3 is 5.97 Å². The first-order valence-electron chi connectivity index (χ1n) is 14.3. The Kier molecular flexibility index (Phi) is 8.79. The molecule has 206 valence electrons. The van der Waals surface area contributed by atoms with Crippen molar-refractivity contribution in [2.75, 3.05) is 26.3 Å². The van der Waals surface area contributed by atoms with E-state index >= 15 is 0 Å². The maximum atomic E-state index is 14.3. The molecule has 37 heavy (non-hydrogen) atoms. The molecule has 2 amide bonds. The smallest absolute Gasteiger partial charge is 0.313 e. The van der Waals surface area contributed by atoms with Crippen molar-refractivity contribution in [2.24, 2.45) is 11.8 Å². The minimum Gasteiger partial charge on any atom is -0.465 e. The van der Waals surface area contributed by atoms with E-state index in [4.69, 9.17) is 9.47 Å². The van der Waals surface area contributed by atoms with Crippen LogP contribution in [0.2, 0.25) is 0 Å². The second kappa shape index (κ2) is 11.7. The number of carbonyl (C=O) groups is 3. The van der Waals surface area contributed by atoms with Gasteiger partial charge in [-0.15, -0.1) is 0 Å². The van der Waals surface area contributed by atoms with Gasteiger partial charge in [0.15, 0.2) is 0 Å².